The van der Waals surface area contributed by atoms with E-state index in [2.05, 4.69) is 15.3 Å². The van der Waals surface area contributed by atoms with Gasteiger partial charge in [0.2, 0.25) is 5.91 Å². The zero-order valence-corrected chi connectivity index (χ0v) is 16.3. The van der Waals surface area contributed by atoms with E-state index in [1.165, 1.54) is 0 Å². The summed E-state index contributed by atoms with van der Waals surface area (Å²) in [5, 5.41) is 3.43. The molecule has 6 nitrogen and oxygen atoms in total. The zero-order chi connectivity index (χ0) is 19.4. The molecule has 3 rings (SSSR count). The van der Waals surface area contributed by atoms with Gasteiger partial charge < -0.3 is 10.2 Å². The first-order valence-corrected chi connectivity index (χ1v) is 9.54. The van der Waals surface area contributed by atoms with Crippen molar-refractivity contribution in [3.8, 4) is 0 Å². The molecular weight excluding hydrogens is 364 g/mol. The lowest BCUT2D eigenvalue weighted by Crippen LogP contribution is -2.28. The third-order valence-electron chi connectivity index (χ3n) is 4.71. The summed E-state index contributed by atoms with van der Waals surface area (Å²) in [6, 6.07) is 6.92. The fraction of sp³-hybridized carbons (Fsp3) is 0.400. The number of benzene rings is 1. The summed E-state index contributed by atoms with van der Waals surface area (Å²) in [6.07, 6.45) is 3.86. The molecule has 142 valence electrons. The molecule has 2 heterocycles. The van der Waals surface area contributed by atoms with Gasteiger partial charge in [0, 0.05) is 42.3 Å². The third-order valence-corrected chi connectivity index (χ3v) is 4.97. The molecule has 0 aliphatic carbocycles. The van der Waals surface area contributed by atoms with Crippen molar-refractivity contribution in [1.82, 2.24) is 14.9 Å². The van der Waals surface area contributed by atoms with E-state index in [0.29, 0.717) is 40.8 Å². The van der Waals surface area contributed by atoms with Gasteiger partial charge in [-0.25, -0.2) is 9.97 Å². The van der Waals surface area contributed by atoms with E-state index in [1.54, 1.807) is 37.4 Å². The topological polar surface area (TPSA) is 75.2 Å². The molecule has 0 saturated carbocycles. The monoisotopic (exact) mass is 386 g/mol. The standard InChI is InChI=1S/C20H23ClN4O2/c1-3-4-18(26)25-10-9-14(12-25)19-22-11-17(13(2)23-19)20(27)24-16-7-5-15(21)6-8-16/h5-8,11,14H,3-4,9-10,12H2,1-2H3,(H,24,27). The van der Waals surface area contributed by atoms with Crippen LogP contribution in [0.15, 0.2) is 30.5 Å². The minimum absolute atomic E-state index is 0.123. The van der Waals surface area contributed by atoms with Gasteiger partial charge in [0.05, 0.1) is 11.3 Å². The van der Waals surface area contributed by atoms with Gasteiger partial charge in [0.1, 0.15) is 5.82 Å². The van der Waals surface area contributed by atoms with Crippen molar-refractivity contribution >= 4 is 29.1 Å². The maximum Gasteiger partial charge on any atom is 0.259 e. The van der Waals surface area contributed by atoms with E-state index >= 15 is 0 Å². The maximum atomic E-state index is 12.5. The molecule has 1 saturated heterocycles. The molecule has 27 heavy (non-hydrogen) atoms. The van der Waals surface area contributed by atoms with Crippen LogP contribution in [0.5, 0.6) is 0 Å². The molecule has 0 radical (unpaired) electrons. The first-order valence-electron chi connectivity index (χ1n) is 9.16. The summed E-state index contributed by atoms with van der Waals surface area (Å²) >= 11 is 5.86. The molecule has 1 aliphatic heterocycles. The number of halogens is 1. The first-order chi connectivity index (χ1) is 13.0. The molecule has 2 amide bonds. The van der Waals surface area contributed by atoms with Crippen LogP contribution in [0.2, 0.25) is 5.02 Å². The van der Waals surface area contributed by atoms with Crippen molar-refractivity contribution in [3.63, 3.8) is 0 Å². The highest BCUT2D eigenvalue weighted by atomic mass is 35.5. The Labute approximate surface area is 164 Å². The number of likely N-dealkylation sites (tertiary alicyclic amines) is 1. The average molecular weight is 387 g/mol. The Morgan fingerprint density at radius 1 is 1.30 bits per heavy atom. The van der Waals surface area contributed by atoms with Crippen LogP contribution in [0.25, 0.3) is 0 Å². The van der Waals surface area contributed by atoms with Gasteiger partial charge in [-0.2, -0.15) is 0 Å². The van der Waals surface area contributed by atoms with Crippen molar-refractivity contribution in [2.24, 2.45) is 0 Å². The number of hydrogen-bond donors (Lipinski definition) is 1. The number of hydrogen-bond acceptors (Lipinski definition) is 4. The van der Waals surface area contributed by atoms with E-state index in [-0.39, 0.29) is 17.7 Å². The Bertz CT molecular complexity index is 838. The Kier molecular flexibility index (Phi) is 6.06. The second-order valence-corrected chi connectivity index (χ2v) is 7.20. The van der Waals surface area contributed by atoms with E-state index < -0.39 is 0 Å². The van der Waals surface area contributed by atoms with Gasteiger partial charge in [-0.05, 0) is 44.0 Å². The molecule has 1 unspecified atom stereocenters. The lowest BCUT2D eigenvalue weighted by molar-refractivity contribution is -0.130. The van der Waals surface area contributed by atoms with E-state index in [1.807, 2.05) is 11.8 Å². The Hall–Kier alpha value is -2.47. The second-order valence-electron chi connectivity index (χ2n) is 6.76. The summed E-state index contributed by atoms with van der Waals surface area (Å²) in [6.45, 7) is 5.20. The van der Waals surface area contributed by atoms with Crippen molar-refractivity contribution in [2.45, 2.75) is 39.0 Å². The van der Waals surface area contributed by atoms with Gasteiger partial charge in [-0.3, -0.25) is 9.59 Å². The quantitative estimate of drug-likeness (QED) is 0.847. The highest BCUT2D eigenvalue weighted by Crippen LogP contribution is 2.26. The molecular formula is C20H23ClN4O2. The number of rotatable bonds is 5. The minimum atomic E-state index is -0.257. The Morgan fingerprint density at radius 2 is 2.04 bits per heavy atom. The minimum Gasteiger partial charge on any atom is -0.342 e. The molecule has 2 aromatic rings. The molecule has 0 bridgehead atoms. The number of nitrogens with one attached hydrogen (secondary N) is 1. The predicted molar refractivity (Wildman–Crippen MR) is 105 cm³/mol. The van der Waals surface area contributed by atoms with Crippen LogP contribution in [0.1, 0.15) is 54.0 Å². The summed E-state index contributed by atoms with van der Waals surface area (Å²) < 4.78 is 0. The molecule has 1 aliphatic rings. The van der Waals surface area contributed by atoms with Crippen LogP contribution in [0.4, 0.5) is 5.69 Å². The van der Waals surface area contributed by atoms with Gasteiger partial charge in [-0.15, -0.1) is 0 Å². The summed E-state index contributed by atoms with van der Waals surface area (Å²) in [5.41, 5.74) is 1.73. The van der Waals surface area contributed by atoms with Crippen LogP contribution in [-0.2, 0) is 4.79 Å². The van der Waals surface area contributed by atoms with Crippen LogP contribution >= 0.6 is 11.6 Å². The smallest absolute Gasteiger partial charge is 0.259 e. The summed E-state index contributed by atoms with van der Waals surface area (Å²) in [4.78, 5) is 35.4. The highest BCUT2D eigenvalue weighted by Gasteiger charge is 2.29. The number of aromatic nitrogens is 2. The molecule has 0 spiro atoms. The van der Waals surface area contributed by atoms with Crippen LogP contribution < -0.4 is 5.32 Å². The summed E-state index contributed by atoms with van der Waals surface area (Å²) in [5.74, 6) is 0.753. The normalized spacial score (nSPS) is 16.4. The number of aryl methyl sites for hydroxylation is 1. The van der Waals surface area contributed by atoms with Gasteiger partial charge in [0.25, 0.3) is 5.91 Å². The van der Waals surface area contributed by atoms with E-state index in [0.717, 1.165) is 19.4 Å². The molecule has 7 heteroatoms. The first kappa shape index (κ1) is 19.3. The van der Waals surface area contributed by atoms with Crippen molar-refractivity contribution in [3.05, 3.63) is 52.6 Å². The van der Waals surface area contributed by atoms with Crippen molar-refractivity contribution < 1.29 is 9.59 Å². The number of carbonyl (C=O) groups excluding carboxylic acids is 2. The third kappa shape index (κ3) is 4.63. The van der Waals surface area contributed by atoms with Crippen molar-refractivity contribution in [1.29, 1.82) is 0 Å². The van der Waals surface area contributed by atoms with Crippen molar-refractivity contribution in [2.75, 3.05) is 18.4 Å². The average Bonchev–Trinajstić information content (AvgIpc) is 3.14. The number of anilines is 1. The molecule has 1 aromatic heterocycles. The number of carbonyl (C=O) groups is 2. The fourth-order valence-electron chi connectivity index (χ4n) is 3.21. The van der Waals surface area contributed by atoms with E-state index in [4.69, 9.17) is 11.6 Å². The number of amides is 2. The van der Waals surface area contributed by atoms with E-state index in [9.17, 15) is 9.59 Å². The van der Waals surface area contributed by atoms with Gasteiger partial charge in [-0.1, -0.05) is 18.5 Å². The highest BCUT2D eigenvalue weighted by molar-refractivity contribution is 6.30. The van der Waals surface area contributed by atoms with Crippen LogP contribution in [0.3, 0.4) is 0 Å². The second kappa shape index (κ2) is 8.48. The van der Waals surface area contributed by atoms with Crippen LogP contribution in [-0.4, -0.2) is 39.8 Å². The summed E-state index contributed by atoms with van der Waals surface area (Å²) in [7, 11) is 0. The SMILES string of the molecule is CCCC(=O)N1CCC(c2ncc(C(=O)Nc3ccc(Cl)cc3)c(C)n2)C1. The largest absolute Gasteiger partial charge is 0.342 e. The molecule has 1 fully saturated rings. The predicted octanol–water partition coefficient (Wildman–Crippen LogP) is 3.81. The molecule has 1 aromatic carbocycles. The maximum absolute atomic E-state index is 12.5. The fourth-order valence-corrected chi connectivity index (χ4v) is 3.33. The van der Waals surface area contributed by atoms with Gasteiger partial charge >= 0.3 is 0 Å². The lowest BCUT2D eigenvalue weighted by atomic mass is 10.1. The molecule has 1 N–H and O–H groups in total. The van der Waals surface area contributed by atoms with Crippen LogP contribution in [0, 0.1) is 6.92 Å². The Balaban J connectivity index is 1.68. The molecule has 1 atom stereocenters. The lowest BCUT2D eigenvalue weighted by Gasteiger charge is -2.16. The zero-order valence-electron chi connectivity index (χ0n) is 15.5. The Morgan fingerprint density at radius 3 is 2.70 bits per heavy atom. The number of nitrogens with zero attached hydrogens (tertiary/aromatic N) is 3. The van der Waals surface area contributed by atoms with Gasteiger partial charge in [0.15, 0.2) is 0 Å².